The van der Waals surface area contributed by atoms with Gasteiger partial charge in [0.25, 0.3) is 23.5 Å². The van der Waals surface area contributed by atoms with Gasteiger partial charge in [0.1, 0.15) is 65.4 Å². The van der Waals surface area contributed by atoms with Crippen molar-refractivity contribution in [1.29, 1.82) is 0 Å². The fourth-order valence-corrected chi connectivity index (χ4v) is 8.78. The molecule has 1 saturated heterocycles. The molecule has 0 radical (unpaired) electrons. The lowest BCUT2D eigenvalue weighted by Crippen LogP contribution is -2.61. The number of rotatable bonds is 27. The molecule has 2 aromatic rings. The van der Waals surface area contributed by atoms with Gasteiger partial charge >= 0.3 is 0 Å². The summed E-state index contributed by atoms with van der Waals surface area (Å²) < 4.78 is 1.41. The number of amidine groups is 1. The number of amides is 13. The molecule has 0 spiro atoms. The van der Waals surface area contributed by atoms with Crippen molar-refractivity contribution in [2.24, 2.45) is 16.5 Å². The molecule has 4 heterocycles. The molecule has 5 rings (SSSR count). The third kappa shape index (κ3) is 18.0. The quantitative estimate of drug-likeness (QED) is 0.0171. The molecule has 1 aromatic heterocycles. The van der Waals surface area contributed by atoms with Crippen molar-refractivity contribution in [1.82, 2.24) is 58.0 Å². The predicted octanol–water partition coefficient (Wildman–Crippen LogP) is -9.90. The zero-order valence-electron chi connectivity index (χ0n) is 45.7. The van der Waals surface area contributed by atoms with Crippen molar-refractivity contribution < 1.29 is 103 Å². The Morgan fingerprint density at radius 3 is 2.06 bits per heavy atom. The van der Waals surface area contributed by atoms with Gasteiger partial charge in [-0.15, -0.1) is 0 Å². The first-order valence-corrected chi connectivity index (χ1v) is 26.2. The molecule has 464 valence electrons. The van der Waals surface area contributed by atoms with E-state index in [1.807, 2.05) is 0 Å². The van der Waals surface area contributed by atoms with Gasteiger partial charge in [-0.05, 0) is 45.2 Å². The first-order valence-electron chi connectivity index (χ1n) is 26.2. The van der Waals surface area contributed by atoms with Gasteiger partial charge in [0.15, 0.2) is 17.5 Å². The zero-order chi connectivity index (χ0) is 63.0. The number of aromatic nitrogens is 1. The smallest absolute Gasteiger partial charge is 0.299 e. The second-order valence-corrected chi connectivity index (χ2v) is 19.6. The van der Waals surface area contributed by atoms with Crippen LogP contribution in [0.1, 0.15) is 58.4 Å². The highest BCUT2D eigenvalue weighted by Gasteiger charge is 2.40. The molecule has 1 fully saturated rings. The monoisotopic (exact) mass is 1200 g/mol. The van der Waals surface area contributed by atoms with Gasteiger partial charge in [0.2, 0.25) is 59.1 Å². The molecule has 13 amide bonds. The van der Waals surface area contributed by atoms with Crippen LogP contribution in [0.2, 0.25) is 0 Å². The second kappa shape index (κ2) is 30.1. The van der Waals surface area contributed by atoms with Crippen LogP contribution in [0, 0.1) is 0 Å². The number of phenolic OH excluding ortho intramolecular Hbond substituents is 2. The van der Waals surface area contributed by atoms with E-state index in [9.17, 15) is 98.3 Å². The van der Waals surface area contributed by atoms with Crippen LogP contribution in [0.15, 0.2) is 23.2 Å². The fraction of sp³-hybridized carbons (Fsp3) is 0.521. The lowest BCUT2D eigenvalue weighted by Gasteiger charge is -2.30. The van der Waals surface area contributed by atoms with Crippen LogP contribution in [0.5, 0.6) is 11.5 Å². The van der Waals surface area contributed by atoms with Crippen LogP contribution in [0.25, 0.3) is 10.9 Å². The lowest BCUT2D eigenvalue weighted by molar-refractivity contribution is -0.674. The Hall–Kier alpha value is -9.59. The van der Waals surface area contributed by atoms with E-state index < -0.39 is 188 Å². The van der Waals surface area contributed by atoms with E-state index in [1.165, 1.54) is 23.6 Å². The van der Waals surface area contributed by atoms with Crippen LogP contribution in [0.4, 0.5) is 11.5 Å². The summed E-state index contributed by atoms with van der Waals surface area (Å²) in [6, 6.07) is -7.80. The molecule has 3 aliphatic heterocycles. The summed E-state index contributed by atoms with van der Waals surface area (Å²) in [7, 11) is 0. The summed E-state index contributed by atoms with van der Waals surface area (Å²) in [6.45, 7) is -1.63. The summed E-state index contributed by atoms with van der Waals surface area (Å²) in [5.74, 6) is -14.1. The highest BCUT2D eigenvalue weighted by Crippen LogP contribution is 2.35. The predicted molar refractivity (Wildman–Crippen MR) is 285 cm³/mol. The van der Waals surface area contributed by atoms with Crippen molar-refractivity contribution in [3.8, 4) is 11.5 Å². The lowest BCUT2D eigenvalue weighted by atomic mass is 10.0. The van der Waals surface area contributed by atoms with Crippen molar-refractivity contribution in [3.63, 3.8) is 0 Å². The van der Waals surface area contributed by atoms with Gasteiger partial charge < -0.3 is 90.2 Å². The number of anilines is 2. The molecule has 85 heavy (non-hydrogen) atoms. The van der Waals surface area contributed by atoms with E-state index >= 15 is 0 Å². The first kappa shape index (κ1) is 66.2. The molecule has 37 nitrogen and oxygen atoms in total. The van der Waals surface area contributed by atoms with E-state index in [2.05, 4.69) is 63.5 Å². The normalized spacial score (nSPS) is 18.4. The van der Waals surface area contributed by atoms with Crippen molar-refractivity contribution >= 4 is 105 Å². The highest BCUT2D eigenvalue weighted by atomic mass is 16.5. The summed E-state index contributed by atoms with van der Waals surface area (Å²) in [4.78, 5) is 170. The highest BCUT2D eigenvalue weighted by molar-refractivity contribution is 6.01. The number of aliphatic imine (C=N–C) groups is 1. The topological polar surface area (TPSA) is 571 Å². The minimum Gasteiger partial charge on any atom is -0.504 e. The molecule has 3 aliphatic rings. The number of nitrogens with two attached hydrogens (primary N) is 2. The number of hydrogen-bond acceptors (Lipinski definition) is 23. The van der Waals surface area contributed by atoms with Crippen LogP contribution in [0.3, 0.4) is 0 Å². The molecule has 0 saturated carbocycles. The summed E-state index contributed by atoms with van der Waals surface area (Å²) >= 11 is 0. The second-order valence-electron chi connectivity index (χ2n) is 19.6. The maximum Gasteiger partial charge on any atom is 0.299 e. The maximum absolute atomic E-state index is 14.1. The van der Waals surface area contributed by atoms with E-state index in [4.69, 9.17) is 11.5 Å². The summed E-state index contributed by atoms with van der Waals surface area (Å²) in [5.41, 5.74) is 10.6. The number of aliphatic hydroxyl groups excluding tert-OH is 3. The summed E-state index contributed by atoms with van der Waals surface area (Å²) in [5, 5.41) is 98.5. The van der Waals surface area contributed by atoms with Gasteiger partial charge in [0, 0.05) is 31.0 Å². The van der Waals surface area contributed by atoms with Crippen molar-refractivity contribution in [2.75, 3.05) is 63.1 Å². The molecular weight excluding hydrogens is 1130 g/mol. The Bertz CT molecular complexity index is 2980. The third-order valence-corrected chi connectivity index (χ3v) is 13.2. The number of carbonyl (C=O) groups excluding carboxylic acids is 13. The van der Waals surface area contributed by atoms with Gasteiger partial charge in [-0.25, -0.2) is 14.7 Å². The van der Waals surface area contributed by atoms with Crippen molar-refractivity contribution in [2.45, 2.75) is 107 Å². The van der Waals surface area contributed by atoms with Crippen LogP contribution in [-0.2, 0) is 62.3 Å². The minimum atomic E-state index is -2.17. The number of carbonyl (C=O) groups is 13. The van der Waals surface area contributed by atoms with E-state index in [0.29, 0.717) is 11.5 Å². The Balaban J connectivity index is 1.11. The van der Waals surface area contributed by atoms with Gasteiger partial charge in [0.05, 0.1) is 52.2 Å². The van der Waals surface area contributed by atoms with E-state index in [1.54, 1.807) is 0 Å². The average molecular weight is 1200 g/mol. The molecular formula is C48H68N17O20+. The largest absolute Gasteiger partial charge is 0.504 e. The number of benzene rings is 1. The van der Waals surface area contributed by atoms with Gasteiger partial charge in [-0.2, -0.15) is 0 Å². The summed E-state index contributed by atoms with van der Waals surface area (Å²) in [6.07, 6.45) is -2.81. The zero-order valence-corrected chi connectivity index (χ0v) is 45.7. The van der Waals surface area contributed by atoms with E-state index in [0.717, 1.165) is 13.0 Å². The number of piperidine rings is 1. The molecule has 37 heteroatoms. The first-order chi connectivity index (χ1) is 40.1. The number of nitrogens with one attached hydrogen (secondary N) is 11. The Morgan fingerprint density at radius 2 is 1.41 bits per heavy atom. The fourth-order valence-electron chi connectivity index (χ4n) is 8.78. The third-order valence-electron chi connectivity index (χ3n) is 13.2. The van der Waals surface area contributed by atoms with Gasteiger partial charge in [-0.1, -0.05) is 0 Å². The molecule has 0 aliphatic carbocycles. The Kier molecular flexibility index (Phi) is 23.5. The SMILES string of the molecule is CC(NC(=O)CNC(=O)C(C)NC(=O)C(CC(N)=O)N(O)C(=O)C(CO)NC(=O)CNC(=O)C1CCN=C(C(CO)NC(=O)C2CCNc3c(NC(=O)CC(O)C(N)=O)cc4cc(O)c(O)cc4[n+]32)N1)C(=O)NCC(=O)NC1CCCN(O)C1=O. The molecule has 22 N–H and O–H groups in total. The number of nitrogens with zero attached hydrogens (tertiary/aromatic N) is 4. The molecule has 9 unspecified atom stereocenters. The Morgan fingerprint density at radius 1 is 0.776 bits per heavy atom. The number of pyridine rings is 1. The Labute approximate surface area is 480 Å². The van der Waals surface area contributed by atoms with Crippen LogP contribution >= 0.6 is 0 Å². The van der Waals surface area contributed by atoms with Crippen LogP contribution < -0.4 is 74.5 Å². The number of fused-ring (bicyclic) bond motifs is 3. The number of aliphatic hydroxyl groups is 3. The van der Waals surface area contributed by atoms with Crippen molar-refractivity contribution in [3.05, 3.63) is 18.2 Å². The van der Waals surface area contributed by atoms with E-state index in [-0.39, 0.29) is 72.2 Å². The standard InChI is InChI=1S/C48H67N17O20/c1-20(42(77)54-16-37(74)58-24-4-3-9-63(84)47(24)82)56-36(73)15-53-43(78)21(2)57-46(81)30(13-34(49)71)65(85)48(83)27(19-67)60-38(75)17-55-44(79)23-5-7-51-40(61-23)26(18-66)62-45(80)28-6-8-52-41-25(59-35(72)14-33(70)39(50)76)10-22-11-31(68)32(69)12-29(22)64(28)41/h10-12,20-21,23-24,26-28,30,33,66-67,70,84-85H,3-9,13-19H2,1-2H3,(H16,49,50,51,52,53,54,55,56,57,58,59,60,61,62,68,69,71,72,73,74,75,76,77,78,79,80,81)/p+1. The number of hydrogen-bond donors (Lipinski definition) is 20. The average Bonchev–Trinajstić information content (AvgIpc) is 2.50. The molecule has 9 atom stereocenters. The minimum absolute atomic E-state index is 0.0213. The number of primary amides is 2. The molecule has 0 bridgehead atoms. The number of hydroxylamine groups is 4. The van der Waals surface area contributed by atoms with Crippen LogP contribution in [-0.4, -0.2) is 230 Å². The number of aromatic hydroxyl groups is 2. The molecule has 1 aromatic carbocycles. The maximum atomic E-state index is 14.1. The van der Waals surface area contributed by atoms with Gasteiger partial charge in [-0.3, -0.25) is 83.1 Å². The number of phenols is 2.